The van der Waals surface area contributed by atoms with Gasteiger partial charge in [0.05, 0.1) is 26.4 Å². The molecule has 1 fully saturated rings. The third-order valence-corrected chi connectivity index (χ3v) is 5.89. The first kappa shape index (κ1) is 18.6. The summed E-state index contributed by atoms with van der Waals surface area (Å²) in [6.45, 7) is 2.73. The summed E-state index contributed by atoms with van der Waals surface area (Å²) in [6.07, 6.45) is 3.43. The summed E-state index contributed by atoms with van der Waals surface area (Å²) < 4.78 is 17.2. The first-order valence-corrected chi connectivity index (χ1v) is 9.92. The maximum absolute atomic E-state index is 6.13. The van der Waals surface area contributed by atoms with Crippen molar-refractivity contribution in [1.82, 2.24) is 4.90 Å². The van der Waals surface area contributed by atoms with Crippen LogP contribution in [0.3, 0.4) is 0 Å². The molecule has 2 aliphatic heterocycles. The standard InChI is InChI=1S/C22H26ClNO3/c1-25-20-12-16-9-10-24(14-15-5-7-17(23)8-6-15)22(19-4-3-11-27-19)18(16)13-21(20)26-2/h5-8,12-13,19,22H,3-4,9-11,14H2,1-2H3. The van der Waals surface area contributed by atoms with E-state index in [4.69, 9.17) is 25.8 Å². The van der Waals surface area contributed by atoms with Gasteiger partial charge in [0.2, 0.25) is 0 Å². The lowest BCUT2D eigenvalue weighted by molar-refractivity contribution is 0.0138. The van der Waals surface area contributed by atoms with Gasteiger partial charge < -0.3 is 14.2 Å². The van der Waals surface area contributed by atoms with Gasteiger partial charge in [-0.05, 0) is 60.2 Å². The highest BCUT2D eigenvalue weighted by molar-refractivity contribution is 6.30. The van der Waals surface area contributed by atoms with Crippen molar-refractivity contribution in [2.24, 2.45) is 0 Å². The Morgan fingerprint density at radius 2 is 1.85 bits per heavy atom. The molecule has 2 unspecified atom stereocenters. The minimum Gasteiger partial charge on any atom is -0.493 e. The van der Waals surface area contributed by atoms with Gasteiger partial charge in [-0.25, -0.2) is 0 Å². The molecule has 2 aliphatic rings. The fourth-order valence-electron chi connectivity index (χ4n) is 4.32. The number of rotatable bonds is 5. The van der Waals surface area contributed by atoms with E-state index in [1.165, 1.54) is 16.7 Å². The van der Waals surface area contributed by atoms with Crippen molar-refractivity contribution in [3.63, 3.8) is 0 Å². The van der Waals surface area contributed by atoms with E-state index in [0.717, 1.165) is 55.5 Å². The van der Waals surface area contributed by atoms with Crippen LogP contribution in [0.2, 0.25) is 5.02 Å². The molecular weight excluding hydrogens is 362 g/mol. The molecule has 0 bridgehead atoms. The van der Waals surface area contributed by atoms with Gasteiger partial charge in [0, 0.05) is 24.7 Å². The van der Waals surface area contributed by atoms with E-state index in [1.807, 2.05) is 12.1 Å². The van der Waals surface area contributed by atoms with Gasteiger partial charge in [-0.3, -0.25) is 4.90 Å². The molecule has 0 radical (unpaired) electrons. The Bertz CT molecular complexity index is 787. The van der Waals surface area contributed by atoms with Crippen LogP contribution < -0.4 is 9.47 Å². The minimum atomic E-state index is 0.217. The first-order valence-electron chi connectivity index (χ1n) is 9.54. The van der Waals surface area contributed by atoms with Gasteiger partial charge in [0.15, 0.2) is 11.5 Å². The molecule has 0 N–H and O–H groups in total. The number of ether oxygens (including phenoxy) is 3. The van der Waals surface area contributed by atoms with Gasteiger partial charge in [-0.1, -0.05) is 23.7 Å². The predicted octanol–water partition coefficient (Wildman–Crippen LogP) is 4.64. The SMILES string of the molecule is COc1cc2c(cc1OC)C(C1CCCO1)N(Cc1ccc(Cl)cc1)CC2. The highest BCUT2D eigenvalue weighted by atomic mass is 35.5. The molecule has 0 saturated carbocycles. The predicted molar refractivity (Wildman–Crippen MR) is 107 cm³/mol. The zero-order valence-corrected chi connectivity index (χ0v) is 16.7. The topological polar surface area (TPSA) is 30.9 Å². The van der Waals surface area contributed by atoms with Crippen molar-refractivity contribution in [3.8, 4) is 11.5 Å². The summed E-state index contributed by atoms with van der Waals surface area (Å²) in [5.41, 5.74) is 3.91. The maximum Gasteiger partial charge on any atom is 0.161 e. The van der Waals surface area contributed by atoms with Gasteiger partial charge in [-0.15, -0.1) is 0 Å². The lowest BCUT2D eigenvalue weighted by Crippen LogP contribution is -2.41. The second-order valence-electron chi connectivity index (χ2n) is 7.25. The van der Waals surface area contributed by atoms with Crippen LogP contribution in [0.15, 0.2) is 36.4 Å². The Labute approximate surface area is 166 Å². The molecule has 0 aromatic heterocycles. The van der Waals surface area contributed by atoms with E-state index < -0.39 is 0 Å². The quantitative estimate of drug-likeness (QED) is 0.748. The molecule has 27 heavy (non-hydrogen) atoms. The average molecular weight is 388 g/mol. The van der Waals surface area contributed by atoms with Crippen LogP contribution in [-0.2, 0) is 17.7 Å². The Kier molecular flexibility index (Phi) is 5.58. The Morgan fingerprint density at radius 3 is 2.52 bits per heavy atom. The molecule has 5 heteroatoms. The number of methoxy groups -OCH3 is 2. The molecule has 4 nitrogen and oxygen atoms in total. The molecule has 0 aliphatic carbocycles. The molecule has 2 aromatic rings. The third-order valence-electron chi connectivity index (χ3n) is 5.64. The van der Waals surface area contributed by atoms with E-state index in [1.54, 1.807) is 14.2 Å². The summed E-state index contributed by atoms with van der Waals surface area (Å²) in [5, 5.41) is 0.773. The smallest absolute Gasteiger partial charge is 0.161 e. The van der Waals surface area contributed by atoms with Crippen LogP contribution >= 0.6 is 11.6 Å². The lowest BCUT2D eigenvalue weighted by Gasteiger charge is -2.40. The second-order valence-corrected chi connectivity index (χ2v) is 7.69. The molecule has 2 heterocycles. The molecular formula is C22H26ClNO3. The minimum absolute atomic E-state index is 0.217. The highest BCUT2D eigenvalue weighted by Gasteiger charge is 2.37. The van der Waals surface area contributed by atoms with Gasteiger partial charge >= 0.3 is 0 Å². The largest absolute Gasteiger partial charge is 0.493 e. The highest BCUT2D eigenvalue weighted by Crippen LogP contribution is 2.42. The van der Waals surface area contributed by atoms with Gasteiger partial charge in [-0.2, -0.15) is 0 Å². The van der Waals surface area contributed by atoms with Gasteiger partial charge in [0.25, 0.3) is 0 Å². The molecule has 2 aromatic carbocycles. The molecule has 1 saturated heterocycles. The van der Waals surface area contributed by atoms with Crippen molar-refractivity contribution in [1.29, 1.82) is 0 Å². The van der Waals surface area contributed by atoms with Crippen LogP contribution in [0, 0.1) is 0 Å². The van der Waals surface area contributed by atoms with Crippen molar-refractivity contribution in [2.75, 3.05) is 27.4 Å². The first-order chi connectivity index (χ1) is 13.2. The monoisotopic (exact) mass is 387 g/mol. The van der Waals surface area contributed by atoms with E-state index in [-0.39, 0.29) is 12.1 Å². The maximum atomic E-state index is 6.13. The van der Waals surface area contributed by atoms with Crippen molar-refractivity contribution in [3.05, 3.63) is 58.1 Å². The van der Waals surface area contributed by atoms with Gasteiger partial charge in [0.1, 0.15) is 0 Å². The number of nitrogens with zero attached hydrogens (tertiary/aromatic N) is 1. The average Bonchev–Trinajstić information content (AvgIpc) is 3.22. The van der Waals surface area contributed by atoms with E-state index in [9.17, 15) is 0 Å². The van der Waals surface area contributed by atoms with Crippen LogP contribution in [-0.4, -0.2) is 38.4 Å². The van der Waals surface area contributed by atoms with E-state index in [2.05, 4.69) is 29.2 Å². The van der Waals surface area contributed by atoms with Crippen LogP contribution in [0.4, 0.5) is 0 Å². The number of hydrogen-bond donors (Lipinski definition) is 0. The van der Waals surface area contributed by atoms with Crippen molar-refractivity contribution in [2.45, 2.75) is 38.0 Å². The Balaban J connectivity index is 1.69. The normalized spacial score (nSPS) is 22.5. The fourth-order valence-corrected chi connectivity index (χ4v) is 4.44. The molecule has 2 atom stereocenters. The van der Waals surface area contributed by atoms with Crippen molar-refractivity contribution >= 4 is 11.6 Å². The Hall–Kier alpha value is -1.75. The van der Waals surface area contributed by atoms with Crippen molar-refractivity contribution < 1.29 is 14.2 Å². The number of fused-ring (bicyclic) bond motifs is 1. The molecule has 0 spiro atoms. The lowest BCUT2D eigenvalue weighted by atomic mass is 9.87. The summed E-state index contributed by atoms with van der Waals surface area (Å²) in [4.78, 5) is 2.54. The number of halogens is 1. The van der Waals surface area contributed by atoms with Crippen LogP contribution in [0.25, 0.3) is 0 Å². The molecule has 4 rings (SSSR count). The summed E-state index contributed by atoms with van der Waals surface area (Å²) >= 11 is 6.06. The van der Waals surface area contributed by atoms with Crippen LogP contribution in [0.5, 0.6) is 11.5 Å². The summed E-state index contributed by atoms with van der Waals surface area (Å²) in [6, 6.07) is 12.7. The zero-order valence-electron chi connectivity index (χ0n) is 15.9. The second kappa shape index (κ2) is 8.09. The molecule has 144 valence electrons. The number of hydrogen-bond acceptors (Lipinski definition) is 4. The summed E-state index contributed by atoms with van der Waals surface area (Å²) in [7, 11) is 3.39. The zero-order chi connectivity index (χ0) is 18.8. The number of benzene rings is 2. The van der Waals surface area contributed by atoms with Crippen LogP contribution in [0.1, 0.15) is 35.6 Å². The van der Waals surface area contributed by atoms with E-state index in [0.29, 0.717) is 0 Å². The van der Waals surface area contributed by atoms with E-state index >= 15 is 0 Å². The Morgan fingerprint density at radius 1 is 1.11 bits per heavy atom. The molecule has 0 amide bonds. The summed E-state index contributed by atoms with van der Waals surface area (Å²) in [5.74, 6) is 1.58. The fraction of sp³-hybridized carbons (Fsp3) is 0.455. The third kappa shape index (κ3) is 3.79.